The van der Waals surface area contributed by atoms with E-state index in [1.807, 2.05) is 42.5 Å². The number of hydrogen-bond donors (Lipinski definition) is 0. The SMILES string of the molecule is CCCCCCCCCCCCCCCCCCOc1ccc2c(=S)c3c(=S)c4ccccc4c(=S)c=3c(=S)c2c1. The van der Waals surface area contributed by atoms with Crippen LogP contribution < -0.4 is 4.74 Å². The van der Waals surface area contributed by atoms with Gasteiger partial charge in [-0.15, -0.1) is 0 Å². The van der Waals surface area contributed by atoms with Crippen LogP contribution in [0.4, 0.5) is 0 Å². The summed E-state index contributed by atoms with van der Waals surface area (Å²) in [6.45, 7) is 3.01. The van der Waals surface area contributed by atoms with Crippen LogP contribution in [0.1, 0.15) is 110 Å². The van der Waals surface area contributed by atoms with Gasteiger partial charge in [0.15, 0.2) is 0 Å². The van der Waals surface area contributed by atoms with E-state index in [1.165, 1.54) is 96.3 Å². The van der Waals surface area contributed by atoms with Crippen molar-refractivity contribution in [3.8, 4) is 5.75 Å². The quantitative estimate of drug-likeness (QED) is 0.0806. The number of fused-ring (bicyclic) bond motifs is 2. The number of rotatable bonds is 18. The van der Waals surface area contributed by atoms with E-state index in [1.54, 1.807) is 0 Å². The highest BCUT2D eigenvalue weighted by Gasteiger charge is 2.11. The van der Waals surface area contributed by atoms with Crippen LogP contribution in [-0.2, 0) is 0 Å². The molecule has 0 fully saturated rings. The molecular formula is C36H44OS4. The summed E-state index contributed by atoms with van der Waals surface area (Å²) >= 11 is 23.6. The molecule has 5 heteroatoms. The van der Waals surface area contributed by atoms with Crippen molar-refractivity contribution in [2.24, 2.45) is 0 Å². The lowest BCUT2D eigenvalue weighted by atomic mass is 10.0. The molecule has 2 aromatic rings. The first kappa shape index (κ1) is 32.3. The Hall–Kier alpha value is -1.66. The van der Waals surface area contributed by atoms with Gasteiger partial charge in [0.25, 0.3) is 0 Å². The molecule has 0 amide bonds. The minimum atomic E-state index is 0.720. The summed E-state index contributed by atoms with van der Waals surface area (Å²) < 4.78 is 9.07. The molecule has 2 aromatic carbocycles. The van der Waals surface area contributed by atoms with Crippen molar-refractivity contribution in [3.63, 3.8) is 0 Å². The third kappa shape index (κ3) is 8.46. The van der Waals surface area contributed by atoms with Crippen LogP contribution in [0.2, 0.25) is 0 Å². The summed E-state index contributed by atoms with van der Waals surface area (Å²) in [5.74, 6) is 0.837. The van der Waals surface area contributed by atoms with Crippen molar-refractivity contribution in [1.29, 1.82) is 0 Å². The molecule has 0 N–H and O–H groups in total. The van der Waals surface area contributed by atoms with Crippen LogP contribution >= 0.6 is 48.9 Å². The van der Waals surface area contributed by atoms with E-state index >= 15 is 0 Å². The molecule has 0 radical (unpaired) electrons. The van der Waals surface area contributed by atoms with Crippen LogP contribution in [0, 0.1) is 28.5 Å². The molecular weight excluding hydrogens is 577 g/mol. The summed E-state index contributed by atoms with van der Waals surface area (Å²) in [5, 5.41) is 5.50. The Balaban J connectivity index is 1.21. The van der Waals surface area contributed by atoms with Gasteiger partial charge >= 0.3 is 0 Å². The maximum Gasteiger partial charge on any atom is 0.119 e. The molecule has 41 heavy (non-hydrogen) atoms. The van der Waals surface area contributed by atoms with Crippen LogP contribution in [0.25, 0.3) is 21.5 Å². The minimum absolute atomic E-state index is 0.720. The third-order valence-electron chi connectivity index (χ3n) is 8.32. The summed E-state index contributed by atoms with van der Waals surface area (Å²) in [6, 6.07) is 14.1. The first-order valence-corrected chi connectivity index (χ1v) is 17.5. The molecule has 2 aliphatic rings. The summed E-state index contributed by atoms with van der Waals surface area (Å²) in [7, 11) is 0. The van der Waals surface area contributed by atoms with E-state index in [9.17, 15) is 0 Å². The second-order valence-electron chi connectivity index (χ2n) is 11.5. The topological polar surface area (TPSA) is 9.23 Å². The lowest BCUT2D eigenvalue weighted by molar-refractivity contribution is 0.304. The summed E-state index contributed by atoms with van der Waals surface area (Å²) in [5.41, 5.74) is 0. The predicted molar refractivity (Wildman–Crippen MR) is 188 cm³/mol. The van der Waals surface area contributed by atoms with Gasteiger partial charge in [0.05, 0.1) is 24.6 Å². The highest BCUT2D eigenvalue weighted by atomic mass is 32.1. The maximum absolute atomic E-state index is 6.14. The van der Waals surface area contributed by atoms with Gasteiger partial charge in [-0.25, -0.2) is 0 Å². The van der Waals surface area contributed by atoms with Gasteiger partial charge in [-0.3, -0.25) is 0 Å². The Kier molecular flexibility index (Phi) is 13.3. The first-order chi connectivity index (χ1) is 20.0. The van der Waals surface area contributed by atoms with Crippen molar-refractivity contribution in [2.75, 3.05) is 6.61 Å². The third-order valence-corrected chi connectivity index (χ3v) is 10.0. The first-order valence-electron chi connectivity index (χ1n) is 15.8. The van der Waals surface area contributed by atoms with E-state index in [2.05, 4.69) is 6.92 Å². The fourth-order valence-electron chi connectivity index (χ4n) is 5.92. The van der Waals surface area contributed by atoms with Crippen molar-refractivity contribution in [1.82, 2.24) is 0 Å². The fraction of sp³-hybridized carbons (Fsp3) is 0.500. The van der Waals surface area contributed by atoms with Crippen molar-refractivity contribution in [2.45, 2.75) is 110 Å². The van der Waals surface area contributed by atoms with Crippen LogP contribution in [-0.4, -0.2) is 6.61 Å². The van der Waals surface area contributed by atoms with Gasteiger partial charge in [-0.05, 0) is 24.6 Å². The summed E-state index contributed by atoms with van der Waals surface area (Å²) in [4.78, 5) is 0. The Labute approximate surface area is 266 Å². The zero-order chi connectivity index (χ0) is 29.0. The molecule has 0 unspecified atom stereocenters. The molecule has 0 spiro atoms. The largest absolute Gasteiger partial charge is 0.494 e. The highest BCUT2D eigenvalue weighted by Crippen LogP contribution is 2.29. The molecule has 0 saturated heterocycles. The smallest absolute Gasteiger partial charge is 0.119 e. The standard InChI is InChI=1S/C36H44OS4/c1-2-3-4-5-6-7-8-9-10-11-12-13-14-15-16-19-24-37-26-22-23-29-30(25-26)36(41)32-31(35(29)40)33(38)27-20-17-18-21-28(27)34(32)39/h17-18,20-23,25H,2-16,19,24H2,1H3. The fourth-order valence-corrected chi connectivity index (χ4v) is 7.57. The van der Waals surface area contributed by atoms with E-state index in [0.29, 0.717) is 0 Å². The molecule has 2 aliphatic carbocycles. The second kappa shape index (κ2) is 16.8. The molecule has 0 saturated carbocycles. The average molecular weight is 621 g/mol. The molecule has 0 aromatic heterocycles. The van der Waals surface area contributed by atoms with E-state index in [0.717, 1.165) is 68.8 Å². The Morgan fingerprint density at radius 3 is 1.32 bits per heavy atom. The monoisotopic (exact) mass is 620 g/mol. The zero-order valence-electron chi connectivity index (χ0n) is 24.6. The van der Waals surface area contributed by atoms with Crippen molar-refractivity contribution >= 4 is 70.4 Å². The van der Waals surface area contributed by atoms with Crippen LogP contribution in [0.5, 0.6) is 5.75 Å². The maximum atomic E-state index is 6.14. The predicted octanol–water partition coefficient (Wildman–Crippen LogP) is 13.2. The Morgan fingerprint density at radius 1 is 0.463 bits per heavy atom. The van der Waals surface area contributed by atoms with E-state index < -0.39 is 0 Å². The van der Waals surface area contributed by atoms with Gasteiger partial charge < -0.3 is 4.74 Å². The van der Waals surface area contributed by atoms with Gasteiger partial charge in [-0.1, -0.05) is 176 Å². The van der Waals surface area contributed by atoms with Crippen molar-refractivity contribution in [3.05, 3.63) is 70.9 Å². The highest BCUT2D eigenvalue weighted by molar-refractivity contribution is 7.73. The molecule has 0 heterocycles. The molecule has 0 aliphatic heterocycles. The Bertz CT molecular complexity index is 1700. The zero-order valence-corrected chi connectivity index (χ0v) is 27.9. The summed E-state index contributed by atoms with van der Waals surface area (Å²) in [6.07, 6.45) is 21.9. The number of unbranched alkanes of at least 4 members (excludes halogenated alkanes) is 15. The van der Waals surface area contributed by atoms with Crippen LogP contribution in [0.3, 0.4) is 0 Å². The molecule has 0 atom stereocenters. The second-order valence-corrected chi connectivity index (χ2v) is 13.1. The lowest BCUT2D eigenvalue weighted by Gasteiger charge is -2.09. The van der Waals surface area contributed by atoms with Gasteiger partial charge in [0.2, 0.25) is 0 Å². The van der Waals surface area contributed by atoms with E-state index in [-0.39, 0.29) is 0 Å². The van der Waals surface area contributed by atoms with Gasteiger partial charge in [0, 0.05) is 32.0 Å². The van der Waals surface area contributed by atoms with E-state index in [4.69, 9.17) is 53.6 Å². The Morgan fingerprint density at radius 2 is 0.854 bits per heavy atom. The average Bonchev–Trinajstić information content (AvgIpc) is 2.99. The van der Waals surface area contributed by atoms with Gasteiger partial charge in [0.1, 0.15) is 5.75 Å². The van der Waals surface area contributed by atoms with Crippen molar-refractivity contribution < 1.29 is 4.74 Å². The molecule has 4 rings (SSSR count). The number of benzene rings is 2. The molecule has 1 nitrogen and oxygen atoms in total. The normalized spacial score (nSPS) is 11.6. The lowest BCUT2D eigenvalue weighted by Crippen LogP contribution is -1.97. The van der Waals surface area contributed by atoms with Crippen LogP contribution in [0.15, 0.2) is 42.5 Å². The molecule has 218 valence electrons. The molecule has 0 bridgehead atoms. The van der Waals surface area contributed by atoms with Gasteiger partial charge in [-0.2, -0.15) is 0 Å². The number of hydrogen-bond acceptors (Lipinski definition) is 5. The minimum Gasteiger partial charge on any atom is -0.494 e. The number of ether oxygens (including phenoxy) is 1.